The highest BCUT2D eigenvalue weighted by molar-refractivity contribution is 7.60. The van der Waals surface area contributed by atoms with E-state index in [4.69, 9.17) is 20.4 Å². The van der Waals surface area contributed by atoms with E-state index in [9.17, 15) is 4.79 Å². The minimum Gasteiger partial charge on any atom is -0.366 e. The van der Waals surface area contributed by atoms with E-state index < -0.39 is 19.5 Å². The van der Waals surface area contributed by atoms with Crippen LogP contribution in [0.15, 0.2) is 0 Å². The van der Waals surface area contributed by atoms with Crippen LogP contribution in [0.25, 0.3) is 0 Å². The van der Waals surface area contributed by atoms with E-state index in [1.165, 1.54) is 0 Å². The lowest BCUT2D eigenvalue weighted by molar-refractivity contribution is -0.119. The summed E-state index contributed by atoms with van der Waals surface area (Å²) in [6.07, 6.45) is 2.60. The molecule has 0 radical (unpaired) electrons. The van der Waals surface area contributed by atoms with Crippen molar-refractivity contribution in [1.29, 1.82) is 0 Å². The predicted octanol–water partition coefficient (Wildman–Crippen LogP) is 0.0160. The largest absolute Gasteiger partial charge is 0.416 e. The van der Waals surface area contributed by atoms with Crippen molar-refractivity contribution < 1.29 is 19.5 Å². The minimum absolute atomic E-state index is 0.194. The Morgan fingerprint density at radius 3 is 2.29 bits per heavy atom. The molecule has 1 fully saturated rings. The Bertz CT molecular complexity index is 228. The van der Waals surface area contributed by atoms with Crippen molar-refractivity contribution in [3.05, 3.63) is 0 Å². The normalized spacial score (nSPS) is 30.3. The summed E-state index contributed by atoms with van der Waals surface area (Å²) in [6, 6.07) is 0. The summed E-state index contributed by atoms with van der Waals surface area (Å²) < 4.78 is 0. The summed E-state index contributed by atoms with van der Waals surface area (Å²) in [6.45, 7) is 1.93. The van der Waals surface area contributed by atoms with Crippen LogP contribution >= 0.6 is 7.94 Å². The summed E-state index contributed by atoms with van der Waals surface area (Å²) in [5, 5.41) is 0. The third-order valence-corrected chi connectivity index (χ3v) is 4.38. The Kier molecular flexibility index (Phi) is 3.48. The summed E-state index contributed by atoms with van der Waals surface area (Å²) in [5.41, 5.74) is 3.89. The van der Waals surface area contributed by atoms with Gasteiger partial charge in [-0.3, -0.25) is 4.79 Å². The van der Waals surface area contributed by atoms with Crippen molar-refractivity contribution in [2.75, 3.05) is 0 Å². The fourth-order valence-corrected chi connectivity index (χ4v) is 3.58. The van der Waals surface area contributed by atoms with Gasteiger partial charge in [-0.25, -0.2) is 0 Å². The Morgan fingerprint density at radius 2 is 2.00 bits per heavy atom. The van der Waals surface area contributed by atoms with Crippen LogP contribution in [0.4, 0.5) is 0 Å². The molecule has 0 spiro atoms. The molecule has 1 aliphatic carbocycles. The van der Waals surface area contributed by atoms with Crippen LogP contribution in [-0.2, 0) is 4.79 Å². The zero-order valence-corrected chi connectivity index (χ0v) is 9.02. The maximum atomic E-state index is 11.0. The minimum atomic E-state index is -4.14. The SMILES string of the molecule is CC1CCCC1C(C(N)=O)[P+](O)(O)O. The second-order valence-corrected chi connectivity index (χ2v) is 5.82. The predicted molar refractivity (Wildman–Crippen MR) is 53.1 cm³/mol. The molecule has 5 N–H and O–H groups in total. The Hall–Kier alpha value is -0.220. The molecule has 5 nitrogen and oxygen atoms in total. The molecule has 0 aliphatic heterocycles. The van der Waals surface area contributed by atoms with E-state index in [0.717, 1.165) is 19.3 Å². The number of carbonyl (C=O) groups is 1. The molecule has 0 heterocycles. The van der Waals surface area contributed by atoms with Gasteiger partial charge in [0, 0.05) is 5.92 Å². The van der Waals surface area contributed by atoms with Crippen LogP contribution in [0, 0.1) is 11.8 Å². The fourth-order valence-electron chi connectivity index (χ4n) is 2.28. The second-order valence-electron chi connectivity index (χ2n) is 4.03. The lowest BCUT2D eigenvalue weighted by Gasteiger charge is -2.23. The average Bonchev–Trinajstić information content (AvgIpc) is 2.32. The highest BCUT2D eigenvalue weighted by Gasteiger charge is 2.54. The molecular weight excluding hydrogens is 205 g/mol. The molecule has 82 valence electrons. The monoisotopic (exact) mass is 222 g/mol. The van der Waals surface area contributed by atoms with Gasteiger partial charge in [-0.05, 0) is 12.3 Å². The van der Waals surface area contributed by atoms with Crippen LogP contribution < -0.4 is 5.73 Å². The number of primary amides is 1. The number of hydrogen-bond donors (Lipinski definition) is 4. The van der Waals surface area contributed by atoms with Gasteiger partial charge in [-0.1, -0.05) is 19.8 Å². The third-order valence-electron chi connectivity index (χ3n) is 3.00. The molecule has 0 saturated heterocycles. The first kappa shape index (κ1) is 11.9. The summed E-state index contributed by atoms with van der Waals surface area (Å²) in [7, 11) is -4.14. The van der Waals surface area contributed by atoms with Crippen LogP contribution in [0.1, 0.15) is 26.2 Å². The van der Waals surface area contributed by atoms with Gasteiger partial charge in [-0.2, -0.15) is 14.7 Å². The molecule has 0 bridgehead atoms. The molecule has 3 atom stereocenters. The van der Waals surface area contributed by atoms with Gasteiger partial charge in [0.2, 0.25) is 5.66 Å². The smallest absolute Gasteiger partial charge is 0.366 e. The topological polar surface area (TPSA) is 104 Å². The van der Waals surface area contributed by atoms with Gasteiger partial charge in [0.05, 0.1) is 0 Å². The van der Waals surface area contributed by atoms with Gasteiger partial charge in [0.1, 0.15) is 0 Å². The van der Waals surface area contributed by atoms with E-state index in [2.05, 4.69) is 0 Å². The van der Waals surface area contributed by atoms with Crippen LogP contribution in [0.3, 0.4) is 0 Å². The average molecular weight is 222 g/mol. The van der Waals surface area contributed by atoms with E-state index in [-0.39, 0.29) is 11.8 Å². The quantitative estimate of drug-likeness (QED) is 0.505. The van der Waals surface area contributed by atoms with E-state index in [1.54, 1.807) is 0 Å². The lowest BCUT2D eigenvalue weighted by Crippen LogP contribution is -2.38. The molecule has 0 aromatic heterocycles. The molecule has 3 unspecified atom stereocenters. The van der Waals surface area contributed by atoms with Crippen molar-refractivity contribution in [2.45, 2.75) is 31.8 Å². The second kappa shape index (κ2) is 4.11. The summed E-state index contributed by atoms with van der Waals surface area (Å²) in [5.74, 6) is -0.802. The Balaban J connectivity index is 2.83. The lowest BCUT2D eigenvalue weighted by atomic mass is 9.94. The molecule has 1 saturated carbocycles. The number of nitrogens with two attached hydrogens (primary N) is 1. The van der Waals surface area contributed by atoms with Gasteiger partial charge in [0.25, 0.3) is 5.91 Å². The highest BCUT2D eigenvalue weighted by Crippen LogP contribution is 2.56. The number of hydrogen-bond acceptors (Lipinski definition) is 4. The number of amides is 1. The maximum absolute atomic E-state index is 11.0. The zero-order chi connectivity index (χ0) is 10.9. The first-order valence-electron chi connectivity index (χ1n) is 4.70. The van der Waals surface area contributed by atoms with Crippen molar-refractivity contribution >= 4 is 13.9 Å². The molecule has 14 heavy (non-hydrogen) atoms. The molecule has 1 amide bonds. The van der Waals surface area contributed by atoms with Gasteiger partial charge >= 0.3 is 7.94 Å². The fraction of sp³-hybridized carbons (Fsp3) is 0.875. The molecule has 6 heteroatoms. The Labute approximate surface area is 83.5 Å². The van der Waals surface area contributed by atoms with Crippen molar-refractivity contribution in [3.63, 3.8) is 0 Å². The molecule has 1 rings (SSSR count). The van der Waals surface area contributed by atoms with E-state index >= 15 is 0 Å². The van der Waals surface area contributed by atoms with Crippen LogP contribution in [-0.4, -0.2) is 26.2 Å². The molecular formula is C8H17NO4P+. The van der Waals surface area contributed by atoms with E-state index in [0.29, 0.717) is 0 Å². The van der Waals surface area contributed by atoms with E-state index in [1.807, 2.05) is 6.92 Å². The summed E-state index contributed by atoms with van der Waals surface area (Å²) >= 11 is 0. The first-order valence-corrected chi connectivity index (χ1v) is 6.42. The number of rotatable bonds is 3. The Morgan fingerprint density at radius 1 is 1.43 bits per heavy atom. The zero-order valence-electron chi connectivity index (χ0n) is 8.13. The molecule has 1 aliphatic rings. The van der Waals surface area contributed by atoms with Gasteiger partial charge < -0.3 is 5.73 Å². The van der Waals surface area contributed by atoms with Crippen LogP contribution in [0.5, 0.6) is 0 Å². The number of carbonyl (C=O) groups excluding carboxylic acids is 1. The first-order chi connectivity index (χ1) is 6.34. The van der Waals surface area contributed by atoms with Crippen LogP contribution in [0.2, 0.25) is 0 Å². The standard InChI is InChI=1S/C8H16NO4P/c1-5-3-2-4-6(5)7(8(9)10)14(11,12)13/h5-7,11-13H,2-4H2,1H3,(H-,9,10)/p+1. The van der Waals surface area contributed by atoms with Crippen molar-refractivity contribution in [3.8, 4) is 0 Å². The van der Waals surface area contributed by atoms with Crippen molar-refractivity contribution in [2.24, 2.45) is 17.6 Å². The summed E-state index contributed by atoms with van der Waals surface area (Å²) in [4.78, 5) is 38.5. The van der Waals surface area contributed by atoms with Gasteiger partial charge in [0.15, 0.2) is 0 Å². The maximum Gasteiger partial charge on any atom is 0.416 e. The highest BCUT2D eigenvalue weighted by atomic mass is 31.2. The van der Waals surface area contributed by atoms with Crippen molar-refractivity contribution in [1.82, 2.24) is 0 Å². The molecule has 0 aromatic rings. The van der Waals surface area contributed by atoms with Gasteiger partial charge in [-0.15, -0.1) is 0 Å². The third kappa shape index (κ3) is 2.42. The molecule has 0 aromatic carbocycles.